The van der Waals surface area contributed by atoms with Crippen LogP contribution in [0.25, 0.3) is 0 Å². The number of hydrogen-bond donors (Lipinski definition) is 1. The Balaban J connectivity index is 3.04. The number of rotatable bonds is 6. The molecule has 0 bridgehead atoms. The van der Waals surface area contributed by atoms with Crippen LogP contribution < -0.4 is 5.32 Å². The van der Waals surface area contributed by atoms with Crippen LogP contribution in [0, 0.1) is 5.92 Å². The third kappa shape index (κ3) is 4.46. The minimum Gasteiger partial charge on any atom is -0.468 e. The van der Waals surface area contributed by atoms with Crippen LogP contribution in [-0.4, -0.2) is 27.2 Å². The summed E-state index contributed by atoms with van der Waals surface area (Å²) < 4.78 is 4.94. The molecule has 0 fully saturated rings. The second-order valence-electron chi connectivity index (χ2n) is 6.62. The molecule has 3 nitrogen and oxygen atoms in total. The van der Waals surface area contributed by atoms with Gasteiger partial charge in [-0.05, 0) is 11.5 Å². The normalized spacial score (nSPS) is 14.9. The zero-order chi connectivity index (χ0) is 15.3. The lowest BCUT2D eigenvalue weighted by Gasteiger charge is -2.34. The van der Waals surface area contributed by atoms with Gasteiger partial charge < -0.3 is 4.74 Å². The van der Waals surface area contributed by atoms with E-state index in [1.807, 2.05) is 32.0 Å². The third-order valence-electron chi connectivity index (χ3n) is 3.47. The maximum atomic E-state index is 12.0. The van der Waals surface area contributed by atoms with Crippen LogP contribution in [0.5, 0.6) is 0 Å². The monoisotopic (exact) mass is 293 g/mol. The van der Waals surface area contributed by atoms with Gasteiger partial charge in [0.1, 0.15) is 6.04 Å². The van der Waals surface area contributed by atoms with Crippen molar-refractivity contribution >= 4 is 14.0 Å². The SMILES string of the molecule is COC(=O)[C@@H](NC(c1ccccc1)[Si](C)(C)C)C(C)C. The molecule has 1 aromatic carbocycles. The minimum atomic E-state index is -1.51. The smallest absolute Gasteiger partial charge is 0.323 e. The molecule has 0 saturated carbocycles. The topological polar surface area (TPSA) is 38.3 Å². The summed E-state index contributed by atoms with van der Waals surface area (Å²) >= 11 is 0. The summed E-state index contributed by atoms with van der Waals surface area (Å²) in [4.78, 5) is 12.0. The maximum Gasteiger partial charge on any atom is 0.323 e. The highest BCUT2D eigenvalue weighted by Crippen LogP contribution is 2.26. The molecule has 1 rings (SSSR count). The number of carbonyl (C=O) groups is 1. The van der Waals surface area contributed by atoms with Gasteiger partial charge in [0.05, 0.1) is 15.2 Å². The van der Waals surface area contributed by atoms with Crippen molar-refractivity contribution in [2.45, 2.75) is 45.2 Å². The van der Waals surface area contributed by atoms with Gasteiger partial charge in [0.25, 0.3) is 0 Å². The molecule has 4 heteroatoms. The molecule has 0 saturated heterocycles. The molecule has 112 valence electrons. The Morgan fingerprint density at radius 1 is 1.15 bits per heavy atom. The summed E-state index contributed by atoms with van der Waals surface area (Å²) in [5.74, 6) is 0.0178. The first kappa shape index (κ1) is 16.9. The molecule has 1 aromatic rings. The number of nitrogens with one attached hydrogen (secondary N) is 1. The molecule has 1 unspecified atom stereocenters. The van der Waals surface area contributed by atoms with Crippen molar-refractivity contribution in [3.63, 3.8) is 0 Å². The average Bonchev–Trinajstić information content (AvgIpc) is 2.38. The first-order chi connectivity index (χ1) is 9.27. The van der Waals surface area contributed by atoms with Crippen LogP contribution in [0.15, 0.2) is 30.3 Å². The molecular formula is C16H27NO2Si. The number of benzene rings is 1. The Bertz CT molecular complexity index is 426. The molecule has 0 aromatic heterocycles. The maximum absolute atomic E-state index is 12.0. The van der Waals surface area contributed by atoms with E-state index in [9.17, 15) is 4.79 Å². The van der Waals surface area contributed by atoms with Crippen LogP contribution in [0.2, 0.25) is 19.6 Å². The highest BCUT2D eigenvalue weighted by molar-refractivity contribution is 6.77. The molecule has 0 spiro atoms. The lowest BCUT2D eigenvalue weighted by atomic mass is 10.0. The molecule has 0 aliphatic carbocycles. The first-order valence-electron chi connectivity index (χ1n) is 7.16. The van der Waals surface area contributed by atoms with E-state index in [4.69, 9.17) is 4.74 Å². The van der Waals surface area contributed by atoms with Gasteiger partial charge in [-0.15, -0.1) is 0 Å². The Morgan fingerprint density at radius 3 is 2.10 bits per heavy atom. The largest absolute Gasteiger partial charge is 0.468 e. The number of esters is 1. The van der Waals surface area contributed by atoms with Crippen LogP contribution in [0.3, 0.4) is 0 Å². The molecule has 0 radical (unpaired) electrons. The fourth-order valence-electron chi connectivity index (χ4n) is 2.33. The van der Waals surface area contributed by atoms with Crippen molar-refractivity contribution in [2.24, 2.45) is 5.92 Å². The van der Waals surface area contributed by atoms with E-state index in [1.54, 1.807) is 0 Å². The fourth-order valence-corrected chi connectivity index (χ4v) is 4.20. The van der Waals surface area contributed by atoms with Gasteiger partial charge in [0.15, 0.2) is 0 Å². The molecule has 0 aliphatic heterocycles. The van der Waals surface area contributed by atoms with E-state index in [2.05, 4.69) is 37.1 Å². The van der Waals surface area contributed by atoms with E-state index in [-0.39, 0.29) is 23.6 Å². The van der Waals surface area contributed by atoms with E-state index >= 15 is 0 Å². The number of methoxy groups -OCH3 is 1. The Labute approximate surface area is 123 Å². The highest BCUT2D eigenvalue weighted by atomic mass is 28.3. The van der Waals surface area contributed by atoms with Crippen molar-refractivity contribution in [1.82, 2.24) is 5.32 Å². The van der Waals surface area contributed by atoms with Gasteiger partial charge in [-0.1, -0.05) is 63.8 Å². The van der Waals surface area contributed by atoms with E-state index in [0.29, 0.717) is 0 Å². The average molecular weight is 293 g/mol. The molecule has 0 amide bonds. The van der Waals surface area contributed by atoms with Crippen molar-refractivity contribution in [3.05, 3.63) is 35.9 Å². The second-order valence-corrected chi connectivity index (χ2v) is 11.9. The minimum absolute atomic E-state index is 0.181. The summed E-state index contributed by atoms with van der Waals surface area (Å²) in [6.45, 7) is 11.0. The Morgan fingerprint density at radius 2 is 1.70 bits per heavy atom. The number of carbonyl (C=O) groups excluding carboxylic acids is 1. The van der Waals surface area contributed by atoms with Crippen LogP contribution >= 0.6 is 0 Å². The first-order valence-corrected chi connectivity index (χ1v) is 10.7. The Kier molecular flexibility index (Phi) is 5.96. The summed E-state index contributed by atoms with van der Waals surface area (Å²) in [6.07, 6.45) is 0. The van der Waals surface area contributed by atoms with Crippen LogP contribution in [0.1, 0.15) is 25.1 Å². The molecule has 2 atom stereocenters. The standard InChI is InChI=1S/C16H27NO2Si/c1-12(2)14(16(18)19-3)17-15(20(4,5)6)13-10-8-7-9-11-13/h7-12,14-15,17H,1-6H3/t14-,15?/m0/s1. The van der Waals surface area contributed by atoms with E-state index < -0.39 is 8.07 Å². The van der Waals surface area contributed by atoms with Gasteiger partial charge in [0, 0.05) is 5.67 Å². The lowest BCUT2D eigenvalue weighted by Crippen LogP contribution is -2.50. The quantitative estimate of drug-likeness (QED) is 0.645. The van der Waals surface area contributed by atoms with Gasteiger partial charge in [-0.3, -0.25) is 10.1 Å². The van der Waals surface area contributed by atoms with Gasteiger partial charge >= 0.3 is 5.97 Å². The van der Waals surface area contributed by atoms with Crippen LogP contribution in [0.4, 0.5) is 0 Å². The summed E-state index contributed by atoms with van der Waals surface area (Å²) in [5.41, 5.74) is 1.48. The fraction of sp³-hybridized carbons (Fsp3) is 0.562. The van der Waals surface area contributed by atoms with Crippen molar-refractivity contribution in [1.29, 1.82) is 0 Å². The summed E-state index contributed by atoms with van der Waals surface area (Å²) in [7, 11) is -0.0638. The molecule has 0 heterocycles. The number of hydrogen-bond acceptors (Lipinski definition) is 3. The summed E-state index contributed by atoms with van der Waals surface area (Å²) in [6, 6.07) is 10.1. The molecular weight excluding hydrogens is 266 g/mol. The predicted octanol–water partition coefficient (Wildman–Crippen LogP) is 3.39. The van der Waals surface area contributed by atoms with Gasteiger partial charge in [-0.2, -0.15) is 0 Å². The molecule has 0 aliphatic rings. The van der Waals surface area contributed by atoms with E-state index in [0.717, 1.165) is 0 Å². The number of ether oxygens (including phenoxy) is 1. The van der Waals surface area contributed by atoms with Crippen molar-refractivity contribution in [2.75, 3.05) is 7.11 Å². The predicted molar refractivity (Wildman–Crippen MR) is 86.3 cm³/mol. The van der Waals surface area contributed by atoms with Gasteiger partial charge in [0.2, 0.25) is 0 Å². The zero-order valence-corrected chi connectivity index (χ0v) is 14.4. The Hall–Kier alpha value is -1.13. The highest BCUT2D eigenvalue weighted by Gasteiger charge is 2.33. The second kappa shape index (κ2) is 7.04. The zero-order valence-electron chi connectivity index (χ0n) is 13.4. The molecule has 20 heavy (non-hydrogen) atoms. The van der Waals surface area contributed by atoms with Crippen molar-refractivity contribution < 1.29 is 9.53 Å². The summed E-state index contributed by atoms with van der Waals surface area (Å²) in [5, 5.41) is 3.55. The lowest BCUT2D eigenvalue weighted by molar-refractivity contribution is -0.144. The van der Waals surface area contributed by atoms with Gasteiger partial charge in [-0.25, -0.2) is 0 Å². The molecule has 1 N–H and O–H groups in total. The van der Waals surface area contributed by atoms with Crippen LogP contribution in [-0.2, 0) is 9.53 Å². The third-order valence-corrected chi connectivity index (χ3v) is 5.70. The van der Waals surface area contributed by atoms with Crippen molar-refractivity contribution in [3.8, 4) is 0 Å². The van der Waals surface area contributed by atoms with E-state index in [1.165, 1.54) is 12.7 Å².